The van der Waals surface area contributed by atoms with Gasteiger partial charge in [0.05, 0.1) is 12.0 Å². The van der Waals surface area contributed by atoms with E-state index in [1.54, 1.807) is 23.9 Å². The molecular formula is C21H29N3O3. The molecule has 1 atom stereocenters. The first-order chi connectivity index (χ1) is 13.0. The van der Waals surface area contributed by atoms with Gasteiger partial charge in [-0.15, -0.1) is 0 Å². The van der Waals surface area contributed by atoms with Crippen LogP contribution in [0.15, 0.2) is 24.3 Å². The maximum absolute atomic E-state index is 13.5. The molecule has 0 N–H and O–H groups in total. The van der Waals surface area contributed by atoms with E-state index in [1.807, 2.05) is 18.2 Å². The van der Waals surface area contributed by atoms with Gasteiger partial charge in [0.1, 0.15) is 6.54 Å². The van der Waals surface area contributed by atoms with Crippen molar-refractivity contribution in [3.05, 3.63) is 29.8 Å². The number of benzene rings is 1. The average molecular weight is 371 g/mol. The lowest BCUT2D eigenvalue weighted by Gasteiger charge is -2.39. The number of likely N-dealkylation sites (tertiary alicyclic amines) is 1. The summed E-state index contributed by atoms with van der Waals surface area (Å²) < 4.78 is 5.50. The third-order valence-electron chi connectivity index (χ3n) is 6.41. The third-order valence-corrected chi connectivity index (χ3v) is 6.41. The largest absolute Gasteiger partial charge is 0.381 e. The summed E-state index contributed by atoms with van der Waals surface area (Å²) in [7, 11) is 3.46. The van der Waals surface area contributed by atoms with Crippen molar-refractivity contribution >= 4 is 17.5 Å². The molecule has 2 saturated heterocycles. The molecule has 3 aliphatic rings. The van der Waals surface area contributed by atoms with Gasteiger partial charge >= 0.3 is 0 Å². The van der Waals surface area contributed by atoms with Crippen LogP contribution >= 0.6 is 0 Å². The van der Waals surface area contributed by atoms with Crippen molar-refractivity contribution in [1.29, 1.82) is 0 Å². The van der Waals surface area contributed by atoms with Crippen molar-refractivity contribution in [2.75, 3.05) is 58.4 Å². The predicted molar refractivity (Wildman–Crippen MR) is 104 cm³/mol. The zero-order chi connectivity index (χ0) is 19.0. The lowest BCUT2D eigenvalue weighted by Crippen LogP contribution is -2.50. The minimum absolute atomic E-state index is 0.0473. The molecule has 0 aliphatic carbocycles. The van der Waals surface area contributed by atoms with Gasteiger partial charge in [-0.1, -0.05) is 18.2 Å². The molecule has 3 aliphatic heterocycles. The van der Waals surface area contributed by atoms with Crippen molar-refractivity contribution < 1.29 is 14.3 Å². The van der Waals surface area contributed by atoms with Gasteiger partial charge in [-0.3, -0.25) is 9.59 Å². The van der Waals surface area contributed by atoms with E-state index in [0.29, 0.717) is 5.92 Å². The minimum Gasteiger partial charge on any atom is -0.381 e. The van der Waals surface area contributed by atoms with Gasteiger partial charge in [-0.25, -0.2) is 0 Å². The highest BCUT2D eigenvalue weighted by atomic mass is 16.5. The highest BCUT2D eigenvalue weighted by Gasteiger charge is 2.52. The van der Waals surface area contributed by atoms with Crippen LogP contribution in [0.25, 0.3) is 0 Å². The standard InChI is InChI=1S/C21H29N3O3/c1-22(2)19(25)14-24-18-6-4-3-5-17(18)21(20(24)26)8-10-23(11-9-21)13-16-7-12-27-15-16/h3-6,16H,7-15H2,1-2H3. The smallest absolute Gasteiger partial charge is 0.242 e. The maximum Gasteiger partial charge on any atom is 0.242 e. The fraction of sp³-hybridized carbons (Fsp3) is 0.619. The van der Waals surface area contributed by atoms with Crippen LogP contribution in [0.2, 0.25) is 0 Å². The zero-order valence-corrected chi connectivity index (χ0v) is 16.3. The first-order valence-corrected chi connectivity index (χ1v) is 9.93. The van der Waals surface area contributed by atoms with E-state index in [9.17, 15) is 9.59 Å². The number of anilines is 1. The minimum atomic E-state index is -0.466. The number of ether oxygens (including phenoxy) is 1. The van der Waals surface area contributed by atoms with Crippen LogP contribution < -0.4 is 4.90 Å². The van der Waals surface area contributed by atoms with Crippen LogP contribution in [-0.4, -0.2) is 75.1 Å². The number of likely N-dealkylation sites (N-methyl/N-ethyl adjacent to an activating group) is 1. The highest BCUT2D eigenvalue weighted by Crippen LogP contribution is 2.47. The second-order valence-corrected chi connectivity index (χ2v) is 8.31. The Bertz CT molecular complexity index is 719. The molecule has 0 bridgehead atoms. The predicted octanol–water partition coefficient (Wildman–Crippen LogP) is 1.49. The second-order valence-electron chi connectivity index (χ2n) is 8.31. The summed E-state index contributed by atoms with van der Waals surface area (Å²) in [6.07, 6.45) is 2.79. The first kappa shape index (κ1) is 18.4. The zero-order valence-electron chi connectivity index (χ0n) is 16.3. The van der Waals surface area contributed by atoms with E-state index in [4.69, 9.17) is 4.74 Å². The highest BCUT2D eigenvalue weighted by molar-refractivity contribution is 6.10. The van der Waals surface area contributed by atoms with Crippen molar-refractivity contribution in [2.45, 2.75) is 24.7 Å². The van der Waals surface area contributed by atoms with Crippen LogP contribution in [0, 0.1) is 5.92 Å². The van der Waals surface area contributed by atoms with Gasteiger partial charge in [-0.05, 0) is 49.9 Å². The number of hydrogen-bond donors (Lipinski definition) is 0. The number of fused-ring (bicyclic) bond motifs is 2. The molecule has 3 heterocycles. The molecule has 1 aromatic rings. The van der Waals surface area contributed by atoms with E-state index in [2.05, 4.69) is 11.0 Å². The molecular weight excluding hydrogens is 342 g/mol. The molecule has 2 fully saturated rings. The monoisotopic (exact) mass is 371 g/mol. The van der Waals surface area contributed by atoms with E-state index in [-0.39, 0.29) is 18.4 Å². The number of carbonyl (C=O) groups excluding carboxylic acids is 2. The quantitative estimate of drug-likeness (QED) is 0.805. The van der Waals surface area contributed by atoms with E-state index in [0.717, 1.165) is 63.4 Å². The Kier molecular flexibility index (Phi) is 4.95. The molecule has 0 saturated carbocycles. The first-order valence-electron chi connectivity index (χ1n) is 9.93. The average Bonchev–Trinajstić information content (AvgIpc) is 3.25. The number of hydrogen-bond acceptors (Lipinski definition) is 4. The molecule has 27 heavy (non-hydrogen) atoms. The Hall–Kier alpha value is -1.92. The van der Waals surface area contributed by atoms with Crippen LogP contribution in [0.1, 0.15) is 24.8 Å². The Morgan fingerprint density at radius 2 is 2.00 bits per heavy atom. The molecule has 4 rings (SSSR count). The molecule has 6 heteroatoms. The van der Waals surface area contributed by atoms with Gasteiger partial charge in [-0.2, -0.15) is 0 Å². The van der Waals surface area contributed by atoms with E-state index in [1.165, 1.54) is 0 Å². The molecule has 1 aromatic carbocycles. The number of amides is 2. The normalized spacial score (nSPS) is 24.4. The molecule has 6 nitrogen and oxygen atoms in total. The van der Waals surface area contributed by atoms with Crippen molar-refractivity contribution in [2.24, 2.45) is 5.92 Å². The summed E-state index contributed by atoms with van der Waals surface area (Å²) in [5.74, 6) is 0.677. The summed E-state index contributed by atoms with van der Waals surface area (Å²) in [6, 6.07) is 8.02. The van der Waals surface area contributed by atoms with Gasteiger partial charge in [0.15, 0.2) is 0 Å². The van der Waals surface area contributed by atoms with Gasteiger partial charge in [0.25, 0.3) is 0 Å². The van der Waals surface area contributed by atoms with Crippen LogP contribution in [0.5, 0.6) is 0 Å². The Balaban J connectivity index is 1.52. The molecule has 146 valence electrons. The third kappa shape index (κ3) is 3.25. The van der Waals surface area contributed by atoms with E-state index >= 15 is 0 Å². The van der Waals surface area contributed by atoms with E-state index < -0.39 is 5.41 Å². The Morgan fingerprint density at radius 3 is 2.67 bits per heavy atom. The summed E-state index contributed by atoms with van der Waals surface area (Å²) in [5.41, 5.74) is 1.55. The summed E-state index contributed by atoms with van der Waals surface area (Å²) >= 11 is 0. The van der Waals surface area contributed by atoms with Crippen LogP contribution in [0.3, 0.4) is 0 Å². The number of para-hydroxylation sites is 1. The number of rotatable bonds is 4. The van der Waals surface area contributed by atoms with Gasteiger partial charge in [0, 0.05) is 32.9 Å². The van der Waals surface area contributed by atoms with Crippen LogP contribution in [0.4, 0.5) is 5.69 Å². The number of nitrogens with zero attached hydrogens (tertiary/aromatic N) is 3. The van der Waals surface area contributed by atoms with Crippen molar-refractivity contribution in [1.82, 2.24) is 9.80 Å². The topological polar surface area (TPSA) is 53.1 Å². The molecule has 0 radical (unpaired) electrons. The fourth-order valence-electron chi connectivity index (χ4n) is 4.72. The second kappa shape index (κ2) is 7.24. The maximum atomic E-state index is 13.5. The van der Waals surface area contributed by atoms with Crippen molar-refractivity contribution in [3.63, 3.8) is 0 Å². The van der Waals surface area contributed by atoms with Gasteiger partial charge in [0.2, 0.25) is 11.8 Å². The number of piperidine rings is 1. The fourth-order valence-corrected chi connectivity index (χ4v) is 4.72. The summed E-state index contributed by atoms with van der Waals surface area (Å²) in [5, 5.41) is 0. The van der Waals surface area contributed by atoms with Gasteiger partial charge < -0.3 is 19.4 Å². The van der Waals surface area contributed by atoms with Crippen LogP contribution in [-0.2, 0) is 19.7 Å². The molecule has 1 spiro atoms. The summed E-state index contributed by atoms with van der Waals surface area (Å²) in [6.45, 7) is 4.77. The lowest BCUT2D eigenvalue weighted by atomic mass is 9.73. The van der Waals surface area contributed by atoms with Crippen molar-refractivity contribution in [3.8, 4) is 0 Å². The number of carbonyl (C=O) groups is 2. The lowest BCUT2D eigenvalue weighted by molar-refractivity contribution is -0.130. The molecule has 2 amide bonds. The Labute approximate surface area is 161 Å². The molecule has 0 aromatic heterocycles. The molecule has 1 unspecified atom stereocenters. The summed E-state index contributed by atoms with van der Waals surface area (Å²) in [4.78, 5) is 31.5. The SMILES string of the molecule is CN(C)C(=O)CN1C(=O)C2(CCN(CC3CCOC3)CC2)c2ccccc21. The Morgan fingerprint density at radius 1 is 1.26 bits per heavy atom.